The number of carbonyl (C=O) groups is 3. The lowest BCUT2D eigenvalue weighted by atomic mass is 10.1. The zero-order chi connectivity index (χ0) is 21.7. The van der Waals surface area contributed by atoms with Gasteiger partial charge in [0.1, 0.15) is 17.4 Å². The number of anilines is 1. The summed E-state index contributed by atoms with van der Waals surface area (Å²) in [5.41, 5.74) is 2.17. The van der Waals surface area contributed by atoms with Gasteiger partial charge in [0.25, 0.3) is 5.91 Å². The van der Waals surface area contributed by atoms with Crippen LogP contribution in [0.25, 0.3) is 0 Å². The normalized spacial score (nSPS) is 12.9. The highest BCUT2D eigenvalue weighted by molar-refractivity contribution is 7.16. The molecule has 0 atom stereocenters. The van der Waals surface area contributed by atoms with Crippen molar-refractivity contribution in [3.63, 3.8) is 0 Å². The number of carbonyl (C=O) groups excluding carboxylic acids is 3. The number of hydrogen-bond donors (Lipinski definition) is 2. The lowest BCUT2D eigenvalue weighted by Gasteiger charge is -2.10. The third-order valence-electron chi connectivity index (χ3n) is 4.79. The van der Waals surface area contributed by atoms with E-state index in [1.54, 1.807) is 6.92 Å². The second-order valence-electron chi connectivity index (χ2n) is 7.34. The maximum absolute atomic E-state index is 12.5. The molecule has 2 amide bonds. The molecule has 1 aliphatic rings. The van der Waals surface area contributed by atoms with Gasteiger partial charge in [0.2, 0.25) is 5.91 Å². The Morgan fingerprint density at radius 2 is 1.93 bits per heavy atom. The molecule has 1 aromatic heterocycles. The predicted molar refractivity (Wildman–Crippen MR) is 115 cm³/mol. The van der Waals surface area contributed by atoms with Crippen LogP contribution < -0.4 is 15.4 Å². The Labute approximate surface area is 179 Å². The van der Waals surface area contributed by atoms with Gasteiger partial charge in [0.05, 0.1) is 12.1 Å². The smallest absolute Gasteiger partial charge is 0.341 e. The average molecular weight is 431 g/mol. The molecule has 7 nitrogen and oxygen atoms in total. The van der Waals surface area contributed by atoms with E-state index in [1.807, 2.05) is 38.1 Å². The minimum atomic E-state index is -0.617. The first-order valence-corrected chi connectivity index (χ1v) is 10.7. The van der Waals surface area contributed by atoms with Crippen LogP contribution >= 0.6 is 11.3 Å². The van der Waals surface area contributed by atoms with Crippen LogP contribution in [0.2, 0.25) is 0 Å². The van der Waals surface area contributed by atoms with E-state index in [0.717, 1.165) is 34.6 Å². The first-order chi connectivity index (χ1) is 14.3. The van der Waals surface area contributed by atoms with Gasteiger partial charge in [-0.05, 0) is 56.9 Å². The monoisotopic (exact) mass is 430 g/mol. The number of hydrogen-bond acceptors (Lipinski definition) is 6. The summed E-state index contributed by atoms with van der Waals surface area (Å²) in [6.07, 6.45) is 1.76. The molecule has 30 heavy (non-hydrogen) atoms. The molecule has 0 unspecified atom stereocenters. The van der Waals surface area contributed by atoms with Crippen LogP contribution in [-0.2, 0) is 14.3 Å². The summed E-state index contributed by atoms with van der Waals surface area (Å²) in [5.74, 6) is -0.334. The average Bonchev–Trinajstić information content (AvgIpc) is 3.51. The predicted octanol–water partition coefficient (Wildman–Crippen LogP) is 3.37. The Kier molecular flexibility index (Phi) is 7.10. The van der Waals surface area contributed by atoms with Gasteiger partial charge in [-0.2, -0.15) is 0 Å². The number of thiophene rings is 1. The quantitative estimate of drug-likeness (QED) is 0.470. The van der Waals surface area contributed by atoms with Crippen LogP contribution in [0.15, 0.2) is 24.3 Å². The van der Waals surface area contributed by atoms with E-state index in [9.17, 15) is 14.4 Å². The summed E-state index contributed by atoms with van der Waals surface area (Å²) in [6.45, 7) is 5.87. The van der Waals surface area contributed by atoms with Crippen molar-refractivity contribution in [2.75, 3.05) is 25.1 Å². The fourth-order valence-electron chi connectivity index (χ4n) is 2.84. The van der Waals surface area contributed by atoms with Crippen LogP contribution in [0.4, 0.5) is 5.00 Å². The Hall–Kier alpha value is -2.87. The molecule has 1 fully saturated rings. The number of ether oxygens (including phenoxy) is 2. The third-order valence-corrected chi connectivity index (χ3v) is 5.91. The number of aryl methyl sites for hydroxylation is 2. The highest BCUT2D eigenvalue weighted by atomic mass is 32.1. The largest absolute Gasteiger partial charge is 0.492 e. The SMILES string of the molecule is Cc1cccc(OCCNC(=O)COC(=O)c2c(NC(=O)C3CC3)sc(C)c2C)c1. The molecule has 0 saturated heterocycles. The summed E-state index contributed by atoms with van der Waals surface area (Å²) >= 11 is 1.34. The van der Waals surface area contributed by atoms with Crippen molar-refractivity contribution in [1.29, 1.82) is 0 Å². The highest BCUT2D eigenvalue weighted by Crippen LogP contribution is 2.36. The Bertz CT molecular complexity index is 949. The Morgan fingerprint density at radius 3 is 2.63 bits per heavy atom. The fourth-order valence-corrected chi connectivity index (χ4v) is 3.89. The second-order valence-corrected chi connectivity index (χ2v) is 8.57. The lowest BCUT2D eigenvalue weighted by molar-refractivity contribution is -0.124. The van der Waals surface area contributed by atoms with Crippen LogP contribution in [0.5, 0.6) is 5.75 Å². The summed E-state index contributed by atoms with van der Waals surface area (Å²) in [4.78, 5) is 37.5. The van der Waals surface area contributed by atoms with E-state index < -0.39 is 18.5 Å². The van der Waals surface area contributed by atoms with E-state index in [2.05, 4.69) is 10.6 Å². The molecule has 1 heterocycles. The lowest BCUT2D eigenvalue weighted by Crippen LogP contribution is -2.32. The molecule has 1 aromatic carbocycles. The minimum absolute atomic E-state index is 0.0318. The number of rotatable bonds is 9. The fraction of sp³-hybridized carbons (Fsp3) is 0.409. The summed E-state index contributed by atoms with van der Waals surface area (Å²) in [7, 11) is 0. The van der Waals surface area contributed by atoms with Gasteiger partial charge in [-0.3, -0.25) is 9.59 Å². The van der Waals surface area contributed by atoms with Crippen LogP contribution in [0.3, 0.4) is 0 Å². The second kappa shape index (κ2) is 9.75. The zero-order valence-corrected chi connectivity index (χ0v) is 18.2. The summed E-state index contributed by atoms with van der Waals surface area (Å²) in [6, 6.07) is 7.64. The molecule has 160 valence electrons. The molecule has 0 spiro atoms. The van der Waals surface area contributed by atoms with Crippen molar-refractivity contribution < 1.29 is 23.9 Å². The molecule has 0 bridgehead atoms. The summed E-state index contributed by atoms with van der Waals surface area (Å²) in [5, 5.41) is 5.97. The standard InChI is InChI=1S/C22H26N2O5S/c1-13-5-4-6-17(11-13)28-10-9-23-18(25)12-29-22(27)19-14(2)15(3)30-21(19)24-20(26)16-7-8-16/h4-6,11,16H,7-10,12H2,1-3H3,(H,23,25)(H,24,26). The van der Waals surface area contributed by atoms with Gasteiger partial charge in [-0.15, -0.1) is 11.3 Å². The highest BCUT2D eigenvalue weighted by Gasteiger charge is 2.31. The van der Waals surface area contributed by atoms with E-state index in [4.69, 9.17) is 9.47 Å². The van der Waals surface area contributed by atoms with Gasteiger partial charge in [0.15, 0.2) is 6.61 Å². The number of nitrogens with one attached hydrogen (secondary N) is 2. The van der Waals surface area contributed by atoms with Crippen LogP contribution in [0, 0.1) is 26.7 Å². The number of esters is 1. The third kappa shape index (κ3) is 5.82. The maximum atomic E-state index is 12.5. The van der Waals surface area contributed by atoms with Crippen molar-refractivity contribution in [3.8, 4) is 5.75 Å². The molecular weight excluding hydrogens is 404 g/mol. The minimum Gasteiger partial charge on any atom is -0.492 e. The van der Waals surface area contributed by atoms with Crippen molar-refractivity contribution in [2.24, 2.45) is 5.92 Å². The first-order valence-electron chi connectivity index (χ1n) is 9.89. The number of amides is 2. The molecule has 2 aromatic rings. The molecular formula is C22H26N2O5S. The van der Waals surface area contributed by atoms with Crippen LogP contribution in [-0.4, -0.2) is 37.5 Å². The summed E-state index contributed by atoms with van der Waals surface area (Å²) < 4.78 is 10.7. The van der Waals surface area contributed by atoms with Gasteiger partial charge < -0.3 is 20.1 Å². The molecule has 1 saturated carbocycles. The Balaban J connectivity index is 1.45. The molecule has 0 radical (unpaired) electrons. The van der Waals surface area contributed by atoms with Crippen LogP contribution in [0.1, 0.15) is 39.2 Å². The maximum Gasteiger partial charge on any atom is 0.341 e. The molecule has 1 aliphatic carbocycles. The van der Waals surface area contributed by atoms with Gasteiger partial charge >= 0.3 is 5.97 Å². The van der Waals surface area contributed by atoms with Crippen molar-refractivity contribution in [1.82, 2.24) is 5.32 Å². The van der Waals surface area contributed by atoms with Gasteiger partial charge in [-0.25, -0.2) is 4.79 Å². The number of benzene rings is 1. The first kappa shape index (κ1) is 21.8. The van der Waals surface area contributed by atoms with E-state index in [0.29, 0.717) is 23.7 Å². The molecule has 3 rings (SSSR count). The molecule has 0 aliphatic heterocycles. The molecule has 8 heteroatoms. The Morgan fingerprint density at radius 1 is 1.17 bits per heavy atom. The van der Waals surface area contributed by atoms with E-state index >= 15 is 0 Å². The molecule has 2 N–H and O–H groups in total. The van der Waals surface area contributed by atoms with Gasteiger partial charge in [-0.1, -0.05) is 12.1 Å². The van der Waals surface area contributed by atoms with Crippen molar-refractivity contribution >= 4 is 34.1 Å². The van der Waals surface area contributed by atoms with Crippen molar-refractivity contribution in [3.05, 3.63) is 45.8 Å². The van der Waals surface area contributed by atoms with Gasteiger partial charge in [0, 0.05) is 10.8 Å². The van der Waals surface area contributed by atoms with E-state index in [1.165, 1.54) is 11.3 Å². The van der Waals surface area contributed by atoms with E-state index in [-0.39, 0.29) is 11.8 Å². The topological polar surface area (TPSA) is 93.7 Å². The zero-order valence-electron chi connectivity index (χ0n) is 17.4. The van der Waals surface area contributed by atoms with Crippen molar-refractivity contribution in [2.45, 2.75) is 33.6 Å².